The van der Waals surface area contributed by atoms with Gasteiger partial charge in [-0.15, -0.1) is 0 Å². The van der Waals surface area contributed by atoms with Crippen molar-refractivity contribution < 1.29 is 19.1 Å². The molecule has 0 radical (unpaired) electrons. The molecule has 0 spiro atoms. The van der Waals surface area contributed by atoms with Crippen LogP contribution in [0.3, 0.4) is 0 Å². The van der Waals surface area contributed by atoms with E-state index < -0.39 is 17.6 Å². The van der Waals surface area contributed by atoms with Crippen molar-refractivity contribution >= 4 is 11.9 Å². The van der Waals surface area contributed by atoms with Crippen LogP contribution in [0, 0.1) is 11.8 Å². The number of esters is 1. The summed E-state index contributed by atoms with van der Waals surface area (Å²) < 4.78 is 11.1. The highest BCUT2D eigenvalue weighted by Gasteiger charge is 2.56. The van der Waals surface area contributed by atoms with Crippen LogP contribution in [-0.4, -0.2) is 24.2 Å². The molecule has 0 aliphatic carbocycles. The van der Waals surface area contributed by atoms with Gasteiger partial charge in [0.05, 0.1) is 6.61 Å². The van der Waals surface area contributed by atoms with Crippen LogP contribution in [0.2, 0.25) is 0 Å². The minimum Gasteiger partial charge on any atom is -0.468 e. The third-order valence-corrected chi connectivity index (χ3v) is 4.56. The predicted molar refractivity (Wildman–Crippen MR) is 75.6 cm³/mol. The maximum atomic E-state index is 12.4. The minimum absolute atomic E-state index is 0.0282. The first kappa shape index (κ1) is 13.9. The number of carbonyl (C=O) groups is 2. The lowest BCUT2D eigenvalue weighted by Crippen LogP contribution is -2.66. The van der Waals surface area contributed by atoms with Crippen LogP contribution in [0.15, 0.2) is 24.3 Å². The first-order chi connectivity index (χ1) is 9.98. The fourth-order valence-corrected chi connectivity index (χ4v) is 3.36. The smallest absolute Gasteiger partial charge is 0.319 e. The summed E-state index contributed by atoms with van der Waals surface area (Å²) in [5, 5.41) is 2.84. The van der Waals surface area contributed by atoms with E-state index in [4.69, 9.17) is 9.47 Å². The molecular formula is C16H19NO4. The Labute approximate surface area is 123 Å². The molecule has 2 heterocycles. The lowest BCUT2D eigenvalue weighted by atomic mass is 9.68. The van der Waals surface area contributed by atoms with Crippen molar-refractivity contribution in [1.29, 1.82) is 0 Å². The van der Waals surface area contributed by atoms with Crippen LogP contribution in [0.4, 0.5) is 0 Å². The number of nitrogens with one attached hydrogen (secondary N) is 1. The number of ether oxygens (including phenoxy) is 2. The topological polar surface area (TPSA) is 64.6 Å². The van der Waals surface area contributed by atoms with Gasteiger partial charge < -0.3 is 14.8 Å². The molecule has 4 atom stereocenters. The third-order valence-electron chi connectivity index (χ3n) is 4.56. The molecule has 112 valence electrons. The van der Waals surface area contributed by atoms with Crippen molar-refractivity contribution in [2.45, 2.75) is 32.4 Å². The summed E-state index contributed by atoms with van der Waals surface area (Å²) in [6.07, 6.45) is 0. The maximum Gasteiger partial charge on any atom is 0.319 e. The van der Waals surface area contributed by atoms with Crippen molar-refractivity contribution in [2.24, 2.45) is 11.8 Å². The fraction of sp³-hybridized carbons (Fsp3) is 0.500. The van der Waals surface area contributed by atoms with Gasteiger partial charge in [-0.2, -0.15) is 0 Å². The van der Waals surface area contributed by atoms with E-state index in [0.29, 0.717) is 0 Å². The minimum atomic E-state index is -0.821. The molecule has 5 heteroatoms. The largest absolute Gasteiger partial charge is 0.468 e. The predicted octanol–water partition coefficient (Wildman–Crippen LogP) is 1.82. The van der Waals surface area contributed by atoms with Gasteiger partial charge in [0.25, 0.3) is 0 Å². The first-order valence-corrected chi connectivity index (χ1v) is 7.24. The Bertz CT molecular complexity index is 600. The Morgan fingerprint density at radius 1 is 1.43 bits per heavy atom. The van der Waals surface area contributed by atoms with Crippen molar-refractivity contribution in [3.63, 3.8) is 0 Å². The molecule has 1 amide bonds. The number of hydrogen-bond donors (Lipinski definition) is 1. The van der Waals surface area contributed by atoms with E-state index in [1.807, 2.05) is 38.1 Å². The summed E-state index contributed by atoms with van der Waals surface area (Å²) in [7, 11) is 0. The van der Waals surface area contributed by atoms with Gasteiger partial charge in [0.2, 0.25) is 5.91 Å². The highest BCUT2D eigenvalue weighted by molar-refractivity contribution is 6.00. The molecule has 5 nitrogen and oxygen atoms in total. The molecule has 3 rings (SSSR count). The van der Waals surface area contributed by atoms with Crippen LogP contribution >= 0.6 is 0 Å². The lowest BCUT2D eigenvalue weighted by molar-refractivity contribution is -0.165. The Kier molecular flexibility index (Phi) is 3.15. The maximum absolute atomic E-state index is 12.4. The van der Waals surface area contributed by atoms with E-state index in [1.165, 1.54) is 0 Å². The monoisotopic (exact) mass is 289 g/mol. The number of fused-ring (bicyclic) bond motifs is 4. The number of benzene rings is 1. The van der Waals surface area contributed by atoms with Gasteiger partial charge in [0.15, 0.2) is 5.72 Å². The van der Waals surface area contributed by atoms with Gasteiger partial charge >= 0.3 is 5.97 Å². The molecule has 1 fully saturated rings. The van der Waals surface area contributed by atoms with Gasteiger partial charge in [-0.1, -0.05) is 25.1 Å². The number of amides is 1. The van der Waals surface area contributed by atoms with Gasteiger partial charge in [-0.25, -0.2) is 0 Å². The van der Waals surface area contributed by atoms with Gasteiger partial charge in [0.1, 0.15) is 11.7 Å². The summed E-state index contributed by atoms with van der Waals surface area (Å²) in [6.45, 7) is 5.84. The molecule has 2 aliphatic rings. The molecule has 0 saturated carbocycles. The Balaban J connectivity index is 2.10. The molecule has 1 saturated heterocycles. The Morgan fingerprint density at radius 3 is 2.86 bits per heavy atom. The highest BCUT2D eigenvalue weighted by atomic mass is 16.5. The van der Waals surface area contributed by atoms with E-state index in [2.05, 4.69) is 5.32 Å². The van der Waals surface area contributed by atoms with Crippen LogP contribution < -0.4 is 10.1 Å². The summed E-state index contributed by atoms with van der Waals surface area (Å²) in [5.74, 6) is -1.15. The molecule has 2 aliphatic heterocycles. The average molecular weight is 289 g/mol. The molecule has 1 aromatic rings. The van der Waals surface area contributed by atoms with Crippen LogP contribution in [0.5, 0.6) is 5.75 Å². The third kappa shape index (κ3) is 1.99. The molecule has 0 unspecified atom stereocenters. The van der Waals surface area contributed by atoms with E-state index in [9.17, 15) is 9.59 Å². The number of piperidine rings is 1. The van der Waals surface area contributed by atoms with Crippen molar-refractivity contribution in [2.75, 3.05) is 6.61 Å². The molecule has 1 N–H and O–H groups in total. The standard InChI is InChI=1S/C16H19NO4/c1-4-20-15(19)13-12-9(2)16(3,17-14(13)18)21-11-8-6-5-7-10(11)12/h5-9,12-13H,4H2,1-3H3,(H,17,18)/t9-,12-,13-,16+/m1/s1. The van der Waals surface area contributed by atoms with Gasteiger partial charge in [-0.05, 0) is 25.5 Å². The van der Waals surface area contributed by atoms with E-state index in [-0.39, 0.29) is 24.3 Å². The Morgan fingerprint density at radius 2 is 2.14 bits per heavy atom. The number of hydrogen-bond acceptors (Lipinski definition) is 4. The molecule has 1 aromatic carbocycles. The molecule has 2 bridgehead atoms. The zero-order chi connectivity index (χ0) is 15.2. The molecule has 21 heavy (non-hydrogen) atoms. The van der Waals surface area contributed by atoms with Crippen LogP contribution in [-0.2, 0) is 14.3 Å². The summed E-state index contributed by atoms with van der Waals surface area (Å²) in [4.78, 5) is 24.6. The molecule has 0 aromatic heterocycles. The van der Waals surface area contributed by atoms with Crippen molar-refractivity contribution in [1.82, 2.24) is 5.32 Å². The highest BCUT2D eigenvalue weighted by Crippen LogP contribution is 2.50. The second-order valence-corrected chi connectivity index (χ2v) is 5.78. The zero-order valence-electron chi connectivity index (χ0n) is 12.4. The van der Waals surface area contributed by atoms with Crippen molar-refractivity contribution in [3.8, 4) is 5.75 Å². The second-order valence-electron chi connectivity index (χ2n) is 5.78. The van der Waals surface area contributed by atoms with Gasteiger partial charge in [0, 0.05) is 11.8 Å². The van der Waals surface area contributed by atoms with Crippen LogP contribution in [0.1, 0.15) is 32.3 Å². The number of carbonyl (C=O) groups excluding carboxylic acids is 2. The Hall–Kier alpha value is -2.04. The van der Waals surface area contributed by atoms with Crippen molar-refractivity contribution in [3.05, 3.63) is 29.8 Å². The molecular weight excluding hydrogens is 270 g/mol. The zero-order valence-corrected chi connectivity index (χ0v) is 12.4. The summed E-state index contributed by atoms with van der Waals surface area (Å²) >= 11 is 0. The lowest BCUT2D eigenvalue weighted by Gasteiger charge is -2.51. The quantitative estimate of drug-likeness (QED) is 0.666. The summed E-state index contributed by atoms with van der Waals surface area (Å²) in [6, 6.07) is 7.56. The van der Waals surface area contributed by atoms with Crippen LogP contribution in [0.25, 0.3) is 0 Å². The van der Waals surface area contributed by atoms with E-state index in [0.717, 1.165) is 11.3 Å². The fourth-order valence-electron chi connectivity index (χ4n) is 3.36. The van der Waals surface area contributed by atoms with Gasteiger partial charge in [-0.3, -0.25) is 9.59 Å². The average Bonchev–Trinajstić information content (AvgIpc) is 2.42. The SMILES string of the molecule is CCOC(=O)[C@H]1C(=O)N[C@@]2(C)Oc3ccccc3[C@H]1[C@H]2C. The van der Waals surface area contributed by atoms with E-state index >= 15 is 0 Å². The first-order valence-electron chi connectivity index (χ1n) is 7.24. The van der Waals surface area contributed by atoms with E-state index in [1.54, 1.807) is 6.92 Å². The number of para-hydroxylation sites is 1. The summed E-state index contributed by atoms with van der Waals surface area (Å²) in [5.41, 5.74) is 0.106. The second kappa shape index (κ2) is 4.76. The number of rotatable bonds is 2. The normalized spacial score (nSPS) is 33.5.